The summed E-state index contributed by atoms with van der Waals surface area (Å²) in [7, 11) is 0. The molecule has 1 rings (SSSR count). The van der Waals surface area contributed by atoms with Gasteiger partial charge in [0.1, 0.15) is 0 Å². The highest BCUT2D eigenvalue weighted by Crippen LogP contribution is 1.92. The molecule has 3 N–H and O–H groups in total. The molecule has 6 heteroatoms. The topological polar surface area (TPSA) is 81.7 Å². The van der Waals surface area contributed by atoms with Crippen LogP contribution in [0.5, 0.6) is 0 Å². The van der Waals surface area contributed by atoms with Gasteiger partial charge < -0.3 is 20.6 Å². The van der Waals surface area contributed by atoms with Crippen molar-refractivity contribution in [2.24, 2.45) is 0 Å². The summed E-state index contributed by atoms with van der Waals surface area (Å²) in [4.78, 5) is 22.9. The second-order valence-electron chi connectivity index (χ2n) is 2.79. The smallest absolute Gasteiger partial charge is 0.404 e. The third-order valence-electron chi connectivity index (χ3n) is 1.85. The van der Waals surface area contributed by atoms with Gasteiger partial charge in [-0.05, 0) is 0 Å². The van der Waals surface area contributed by atoms with Gasteiger partial charge in [0.2, 0.25) is 5.91 Å². The summed E-state index contributed by atoms with van der Waals surface area (Å²) in [5.74, 6) is 0.0263. The number of rotatable bonds is 3. The van der Waals surface area contributed by atoms with Crippen LogP contribution in [0.1, 0.15) is 0 Å². The van der Waals surface area contributed by atoms with Crippen molar-refractivity contribution in [3.8, 4) is 0 Å². The number of carbonyl (C=O) groups is 2. The minimum Gasteiger partial charge on any atom is -0.465 e. The number of amides is 2. The van der Waals surface area contributed by atoms with Crippen molar-refractivity contribution in [3.63, 3.8) is 0 Å². The van der Waals surface area contributed by atoms with E-state index in [9.17, 15) is 9.59 Å². The molecule has 1 aliphatic heterocycles. The lowest BCUT2D eigenvalue weighted by molar-refractivity contribution is -0.131. The molecule has 0 aromatic heterocycles. The van der Waals surface area contributed by atoms with E-state index in [0.717, 1.165) is 6.54 Å². The monoisotopic (exact) mass is 187 g/mol. The summed E-state index contributed by atoms with van der Waals surface area (Å²) in [5, 5.41) is 13.4. The molecular weight excluding hydrogens is 174 g/mol. The zero-order chi connectivity index (χ0) is 9.68. The number of nitrogens with zero attached hydrogens (tertiary/aromatic N) is 1. The maximum absolute atomic E-state index is 11.2. The average Bonchev–Trinajstić information content (AvgIpc) is 2.08. The van der Waals surface area contributed by atoms with Gasteiger partial charge in [-0.25, -0.2) is 4.79 Å². The molecule has 0 saturated carbocycles. The molecular formula is C7H13N3O3. The quantitative estimate of drug-likeness (QED) is 0.512. The van der Waals surface area contributed by atoms with Gasteiger partial charge in [-0.2, -0.15) is 0 Å². The minimum atomic E-state index is -1.05. The zero-order valence-corrected chi connectivity index (χ0v) is 7.25. The molecule has 2 amide bonds. The Morgan fingerprint density at radius 1 is 1.69 bits per heavy atom. The van der Waals surface area contributed by atoms with Crippen LogP contribution >= 0.6 is 0 Å². The largest absolute Gasteiger partial charge is 0.465 e. The molecule has 0 spiro atoms. The van der Waals surface area contributed by atoms with E-state index in [1.165, 1.54) is 0 Å². The normalized spacial score (nSPS) is 17.2. The van der Waals surface area contributed by atoms with Crippen LogP contribution in [-0.2, 0) is 4.79 Å². The summed E-state index contributed by atoms with van der Waals surface area (Å²) in [6, 6.07) is 0. The maximum Gasteiger partial charge on any atom is 0.404 e. The van der Waals surface area contributed by atoms with E-state index >= 15 is 0 Å². The second-order valence-corrected chi connectivity index (χ2v) is 2.79. The molecule has 1 heterocycles. The molecule has 13 heavy (non-hydrogen) atoms. The summed E-state index contributed by atoms with van der Waals surface area (Å²) >= 11 is 0. The molecule has 1 fully saturated rings. The molecule has 1 aliphatic rings. The average molecular weight is 187 g/mol. The Morgan fingerprint density at radius 3 is 3.08 bits per heavy atom. The second kappa shape index (κ2) is 4.66. The molecule has 1 saturated heterocycles. The first kappa shape index (κ1) is 9.79. The summed E-state index contributed by atoms with van der Waals surface area (Å²) in [6.45, 7) is 2.53. The Labute approximate surface area is 75.9 Å². The fourth-order valence-electron chi connectivity index (χ4n) is 1.18. The van der Waals surface area contributed by atoms with Crippen LogP contribution in [0.4, 0.5) is 4.79 Å². The lowest BCUT2D eigenvalue weighted by Gasteiger charge is -2.27. The molecule has 0 radical (unpaired) electrons. The van der Waals surface area contributed by atoms with Crippen molar-refractivity contribution in [2.45, 2.75) is 0 Å². The highest BCUT2D eigenvalue weighted by molar-refractivity contribution is 5.79. The van der Waals surface area contributed by atoms with E-state index in [1.807, 2.05) is 0 Å². The predicted molar refractivity (Wildman–Crippen MR) is 45.5 cm³/mol. The van der Waals surface area contributed by atoms with E-state index in [1.54, 1.807) is 4.90 Å². The van der Waals surface area contributed by atoms with Crippen LogP contribution < -0.4 is 10.6 Å². The number of hydrogen-bond donors (Lipinski definition) is 3. The molecule has 0 aromatic rings. The van der Waals surface area contributed by atoms with E-state index in [2.05, 4.69) is 10.6 Å². The van der Waals surface area contributed by atoms with Gasteiger partial charge >= 0.3 is 6.09 Å². The third-order valence-corrected chi connectivity index (χ3v) is 1.85. The fourth-order valence-corrected chi connectivity index (χ4v) is 1.18. The Morgan fingerprint density at radius 2 is 2.46 bits per heavy atom. The van der Waals surface area contributed by atoms with Crippen molar-refractivity contribution in [1.29, 1.82) is 0 Å². The number of nitrogens with one attached hydrogen (secondary N) is 2. The number of carboxylic acid groups (broad SMARTS) is 1. The van der Waals surface area contributed by atoms with Crippen molar-refractivity contribution in [2.75, 3.05) is 32.7 Å². The van der Waals surface area contributed by atoms with Gasteiger partial charge in [0.15, 0.2) is 0 Å². The third kappa shape index (κ3) is 3.29. The SMILES string of the molecule is O=C(O)NCCN1CCNCC1=O. The first-order chi connectivity index (χ1) is 6.20. The van der Waals surface area contributed by atoms with Crippen LogP contribution in [0.3, 0.4) is 0 Å². The van der Waals surface area contributed by atoms with Crippen LogP contribution in [0.25, 0.3) is 0 Å². The highest BCUT2D eigenvalue weighted by atomic mass is 16.4. The van der Waals surface area contributed by atoms with E-state index < -0.39 is 6.09 Å². The van der Waals surface area contributed by atoms with Crippen LogP contribution in [0.15, 0.2) is 0 Å². The van der Waals surface area contributed by atoms with Gasteiger partial charge in [0.05, 0.1) is 6.54 Å². The van der Waals surface area contributed by atoms with Gasteiger partial charge in [-0.1, -0.05) is 0 Å². The number of hydrogen-bond acceptors (Lipinski definition) is 3. The van der Waals surface area contributed by atoms with Gasteiger partial charge in [0, 0.05) is 26.2 Å². The molecule has 6 nitrogen and oxygen atoms in total. The summed E-state index contributed by atoms with van der Waals surface area (Å²) in [5.41, 5.74) is 0. The molecule has 0 atom stereocenters. The zero-order valence-electron chi connectivity index (χ0n) is 7.25. The van der Waals surface area contributed by atoms with E-state index in [-0.39, 0.29) is 5.91 Å². The van der Waals surface area contributed by atoms with Gasteiger partial charge in [-0.15, -0.1) is 0 Å². The predicted octanol–water partition coefficient (Wildman–Crippen LogP) is -1.31. The Balaban J connectivity index is 2.19. The molecule has 0 bridgehead atoms. The van der Waals surface area contributed by atoms with E-state index in [0.29, 0.717) is 26.2 Å². The number of piperazine rings is 1. The molecule has 0 unspecified atom stereocenters. The highest BCUT2D eigenvalue weighted by Gasteiger charge is 2.16. The molecule has 0 aromatic carbocycles. The Hall–Kier alpha value is -1.30. The Kier molecular flexibility index (Phi) is 3.51. The first-order valence-electron chi connectivity index (χ1n) is 4.15. The van der Waals surface area contributed by atoms with Crippen LogP contribution in [0.2, 0.25) is 0 Å². The van der Waals surface area contributed by atoms with E-state index in [4.69, 9.17) is 5.11 Å². The van der Waals surface area contributed by atoms with Crippen molar-refractivity contribution in [1.82, 2.24) is 15.5 Å². The minimum absolute atomic E-state index is 0.0263. The first-order valence-corrected chi connectivity index (χ1v) is 4.15. The van der Waals surface area contributed by atoms with Crippen molar-refractivity contribution >= 4 is 12.0 Å². The lowest BCUT2D eigenvalue weighted by Crippen LogP contribution is -2.50. The van der Waals surface area contributed by atoms with Crippen LogP contribution in [0, 0.1) is 0 Å². The van der Waals surface area contributed by atoms with Crippen LogP contribution in [-0.4, -0.2) is 54.7 Å². The standard InChI is InChI=1S/C7H13N3O3/c11-6-5-8-1-3-10(6)4-2-9-7(12)13/h8-9H,1-5H2,(H,12,13). The summed E-state index contributed by atoms with van der Waals surface area (Å²) < 4.78 is 0. The maximum atomic E-state index is 11.2. The number of carbonyl (C=O) groups excluding carboxylic acids is 1. The van der Waals surface area contributed by atoms with Gasteiger partial charge in [0.25, 0.3) is 0 Å². The summed E-state index contributed by atoms with van der Waals surface area (Å²) in [6.07, 6.45) is -1.05. The van der Waals surface area contributed by atoms with Crippen molar-refractivity contribution in [3.05, 3.63) is 0 Å². The van der Waals surface area contributed by atoms with Crippen molar-refractivity contribution < 1.29 is 14.7 Å². The lowest BCUT2D eigenvalue weighted by atomic mass is 10.3. The fraction of sp³-hybridized carbons (Fsp3) is 0.714. The molecule has 74 valence electrons. The van der Waals surface area contributed by atoms with Gasteiger partial charge in [-0.3, -0.25) is 4.79 Å². The molecule has 0 aliphatic carbocycles. The Bertz CT molecular complexity index is 207.